The van der Waals surface area contributed by atoms with E-state index in [1.807, 2.05) is 27.7 Å². The first-order chi connectivity index (χ1) is 17.2. The van der Waals surface area contributed by atoms with Crippen molar-refractivity contribution < 1.29 is 22.3 Å². The Labute approximate surface area is 220 Å². The number of anilines is 1. The van der Waals surface area contributed by atoms with Gasteiger partial charge in [0.15, 0.2) is 5.82 Å². The number of alkyl carbamates (subject to hydrolysis) is 1. The monoisotopic (exact) mass is 552 g/mol. The SMILES string of the molecule is COC(=O)N[C@@H](C)CCc1nccc(-c2[nH]c(C(C)(C)C)nc2-c2cc(Cl)cc(NS(C)(=O)=O)c2F)n1. The van der Waals surface area contributed by atoms with Gasteiger partial charge >= 0.3 is 6.09 Å². The average Bonchev–Trinajstić information content (AvgIpc) is 3.25. The molecule has 2 heterocycles. The molecule has 0 saturated heterocycles. The molecule has 0 saturated carbocycles. The standard InChI is InChI=1S/C24H30ClFN6O4S/c1-13(28-23(33)36-5)7-8-18-27-10-9-16(29-18)21-20(30-22(31-21)24(2,3)4)15-11-14(25)12-17(19(15)26)32-37(6,34)35/h9-13,32H,7-8H2,1-6H3,(H,28,33)(H,30,31)/t13-/m0/s1. The van der Waals surface area contributed by atoms with Crippen molar-refractivity contribution in [2.45, 2.75) is 52.0 Å². The molecule has 0 spiro atoms. The number of benzene rings is 1. The third kappa shape index (κ3) is 7.39. The second-order valence-electron chi connectivity index (χ2n) is 9.68. The van der Waals surface area contributed by atoms with Crippen molar-refractivity contribution in [1.82, 2.24) is 25.3 Å². The maximum atomic E-state index is 15.6. The lowest BCUT2D eigenvalue weighted by Crippen LogP contribution is -2.32. The number of carbonyl (C=O) groups is 1. The highest BCUT2D eigenvalue weighted by molar-refractivity contribution is 7.92. The number of aromatic amines is 1. The first-order valence-corrected chi connectivity index (χ1v) is 13.7. The summed E-state index contributed by atoms with van der Waals surface area (Å²) in [5.41, 5.74) is 0.435. The summed E-state index contributed by atoms with van der Waals surface area (Å²) in [5, 5.41) is 2.82. The van der Waals surface area contributed by atoms with Gasteiger partial charge in [-0.2, -0.15) is 0 Å². The normalized spacial score (nSPS) is 12.8. The summed E-state index contributed by atoms with van der Waals surface area (Å²) in [6.45, 7) is 7.69. The Morgan fingerprint density at radius 2 is 1.97 bits per heavy atom. The minimum Gasteiger partial charge on any atom is -0.453 e. The molecule has 1 aromatic carbocycles. The Hall–Kier alpha value is -3.25. The predicted octanol–water partition coefficient (Wildman–Crippen LogP) is 4.67. The number of sulfonamides is 1. The first-order valence-electron chi connectivity index (χ1n) is 11.4. The van der Waals surface area contributed by atoms with E-state index < -0.39 is 27.3 Å². The molecule has 0 aliphatic rings. The van der Waals surface area contributed by atoms with E-state index in [4.69, 9.17) is 11.6 Å². The van der Waals surface area contributed by atoms with Crippen LogP contribution >= 0.6 is 11.6 Å². The minimum atomic E-state index is -3.76. The van der Waals surface area contributed by atoms with E-state index in [-0.39, 0.29) is 28.0 Å². The van der Waals surface area contributed by atoms with Crippen LogP contribution < -0.4 is 10.0 Å². The van der Waals surface area contributed by atoms with Crippen LogP contribution in [0.1, 0.15) is 45.8 Å². The first kappa shape index (κ1) is 28.3. The molecule has 0 aliphatic carbocycles. The van der Waals surface area contributed by atoms with Crippen molar-refractivity contribution in [3.63, 3.8) is 0 Å². The number of aromatic nitrogens is 4. The van der Waals surface area contributed by atoms with Gasteiger partial charge in [-0.1, -0.05) is 32.4 Å². The molecule has 3 aromatic rings. The molecule has 0 fully saturated rings. The van der Waals surface area contributed by atoms with Crippen molar-refractivity contribution in [1.29, 1.82) is 0 Å². The molecule has 0 aliphatic heterocycles. The van der Waals surface area contributed by atoms with Gasteiger partial charge in [-0.3, -0.25) is 4.72 Å². The molecule has 3 N–H and O–H groups in total. The largest absolute Gasteiger partial charge is 0.453 e. The fourth-order valence-corrected chi connectivity index (χ4v) is 4.25. The third-order valence-corrected chi connectivity index (χ3v) is 6.12. The fraction of sp³-hybridized carbons (Fsp3) is 0.417. The summed E-state index contributed by atoms with van der Waals surface area (Å²) in [5.74, 6) is 0.269. The molecule has 2 aromatic heterocycles. The van der Waals surface area contributed by atoms with E-state index in [1.165, 1.54) is 19.2 Å². The lowest BCUT2D eigenvalue weighted by molar-refractivity contribution is 0.167. The Morgan fingerprint density at radius 1 is 1.27 bits per heavy atom. The molecule has 1 amide bonds. The summed E-state index contributed by atoms with van der Waals surface area (Å²) < 4.78 is 45.9. The van der Waals surface area contributed by atoms with Crippen LogP contribution in [-0.2, 0) is 26.6 Å². The lowest BCUT2D eigenvalue weighted by Gasteiger charge is -2.14. The van der Waals surface area contributed by atoms with Crippen LogP contribution in [0.25, 0.3) is 22.6 Å². The highest BCUT2D eigenvalue weighted by Crippen LogP contribution is 2.37. The van der Waals surface area contributed by atoms with Crippen LogP contribution in [0.4, 0.5) is 14.9 Å². The minimum absolute atomic E-state index is 0.0106. The van der Waals surface area contributed by atoms with Crippen molar-refractivity contribution >= 4 is 33.4 Å². The summed E-state index contributed by atoms with van der Waals surface area (Å²) in [6, 6.07) is 4.08. The van der Waals surface area contributed by atoms with Crippen LogP contribution in [0.5, 0.6) is 0 Å². The summed E-state index contributed by atoms with van der Waals surface area (Å²) in [6.07, 6.45) is 3.01. The molecule has 1 atom stereocenters. The maximum absolute atomic E-state index is 15.6. The van der Waals surface area contributed by atoms with Gasteiger partial charge in [-0.15, -0.1) is 0 Å². The van der Waals surface area contributed by atoms with Crippen LogP contribution in [0.3, 0.4) is 0 Å². The van der Waals surface area contributed by atoms with Crippen molar-refractivity contribution in [2.24, 2.45) is 0 Å². The number of aryl methyl sites for hydroxylation is 1. The molecule has 13 heteroatoms. The topological polar surface area (TPSA) is 139 Å². The zero-order chi connectivity index (χ0) is 27.5. The number of hydrogen-bond donors (Lipinski definition) is 3. The number of methoxy groups -OCH3 is 1. The molecule has 3 rings (SSSR count). The van der Waals surface area contributed by atoms with E-state index in [9.17, 15) is 13.2 Å². The number of hydrogen-bond acceptors (Lipinski definition) is 7. The third-order valence-electron chi connectivity index (χ3n) is 5.31. The van der Waals surface area contributed by atoms with E-state index >= 15 is 4.39 Å². The maximum Gasteiger partial charge on any atom is 0.407 e. The quantitative estimate of drug-likeness (QED) is 0.369. The summed E-state index contributed by atoms with van der Waals surface area (Å²) in [7, 11) is -2.46. The number of rotatable bonds is 8. The lowest BCUT2D eigenvalue weighted by atomic mass is 9.96. The zero-order valence-electron chi connectivity index (χ0n) is 21.4. The highest BCUT2D eigenvalue weighted by atomic mass is 35.5. The van der Waals surface area contributed by atoms with Crippen LogP contribution in [0, 0.1) is 5.82 Å². The Morgan fingerprint density at radius 3 is 2.59 bits per heavy atom. The average molecular weight is 553 g/mol. The smallest absolute Gasteiger partial charge is 0.407 e. The van der Waals surface area contributed by atoms with E-state index in [2.05, 4.69) is 34.7 Å². The molecule has 0 unspecified atom stereocenters. The van der Waals surface area contributed by atoms with Crippen LogP contribution in [0.2, 0.25) is 5.02 Å². The number of ether oxygens (including phenoxy) is 1. The van der Waals surface area contributed by atoms with E-state index in [0.29, 0.717) is 35.9 Å². The number of H-pyrrole nitrogens is 1. The number of imidazole rings is 1. The Bertz CT molecular complexity index is 1400. The van der Waals surface area contributed by atoms with Gasteiger partial charge in [0.1, 0.15) is 17.3 Å². The fourth-order valence-electron chi connectivity index (χ4n) is 3.48. The number of amides is 1. The summed E-state index contributed by atoms with van der Waals surface area (Å²) >= 11 is 6.23. The second-order valence-corrected chi connectivity index (χ2v) is 11.9. The number of halogens is 2. The van der Waals surface area contributed by atoms with Crippen molar-refractivity contribution in [3.05, 3.63) is 46.9 Å². The van der Waals surface area contributed by atoms with E-state index in [0.717, 1.165) is 6.26 Å². The van der Waals surface area contributed by atoms with Crippen molar-refractivity contribution in [2.75, 3.05) is 18.1 Å². The van der Waals surface area contributed by atoms with E-state index in [1.54, 1.807) is 12.3 Å². The van der Waals surface area contributed by atoms with Gasteiger partial charge in [0.2, 0.25) is 10.0 Å². The molecule has 0 bridgehead atoms. The molecular weight excluding hydrogens is 523 g/mol. The molecule has 200 valence electrons. The molecular formula is C24H30ClFN6O4S. The van der Waals surface area contributed by atoms with Gasteiger partial charge in [0.05, 0.1) is 30.4 Å². The van der Waals surface area contributed by atoms with Gasteiger partial charge in [0, 0.05) is 34.7 Å². The van der Waals surface area contributed by atoms with Gasteiger partial charge in [-0.05, 0) is 31.5 Å². The predicted molar refractivity (Wildman–Crippen MR) is 141 cm³/mol. The summed E-state index contributed by atoms with van der Waals surface area (Å²) in [4.78, 5) is 28.3. The van der Waals surface area contributed by atoms with Crippen molar-refractivity contribution in [3.8, 4) is 22.6 Å². The number of nitrogens with zero attached hydrogens (tertiary/aromatic N) is 3. The number of carbonyl (C=O) groups excluding carboxylic acids is 1. The highest BCUT2D eigenvalue weighted by Gasteiger charge is 2.26. The van der Waals surface area contributed by atoms with Gasteiger partial charge in [0.25, 0.3) is 0 Å². The molecule has 37 heavy (non-hydrogen) atoms. The Kier molecular flexibility index (Phi) is 8.43. The second kappa shape index (κ2) is 11.0. The van der Waals surface area contributed by atoms with Crippen LogP contribution in [-0.4, -0.2) is 53.9 Å². The zero-order valence-corrected chi connectivity index (χ0v) is 23.0. The van der Waals surface area contributed by atoms with Gasteiger partial charge < -0.3 is 15.0 Å². The van der Waals surface area contributed by atoms with Crippen LogP contribution in [0.15, 0.2) is 24.4 Å². The number of nitrogens with one attached hydrogen (secondary N) is 3. The molecule has 10 nitrogen and oxygen atoms in total. The Balaban J connectivity index is 2.07. The molecule has 0 radical (unpaired) electrons. The van der Waals surface area contributed by atoms with Gasteiger partial charge in [-0.25, -0.2) is 32.6 Å².